The minimum atomic E-state index is 0.0224. The number of nitrogens with zero attached hydrogens (tertiary/aromatic N) is 1. The molecular formula is C15H27NO2. The summed E-state index contributed by atoms with van der Waals surface area (Å²) in [6, 6.07) is 0.775. The number of rotatable bonds is 3. The number of carbonyl (C=O) groups excluding carboxylic acids is 1. The third-order valence-electron chi connectivity index (χ3n) is 4.57. The summed E-state index contributed by atoms with van der Waals surface area (Å²) >= 11 is 0. The van der Waals surface area contributed by atoms with Gasteiger partial charge < -0.3 is 9.64 Å². The highest BCUT2D eigenvalue weighted by Crippen LogP contribution is 2.30. The van der Waals surface area contributed by atoms with Crippen LogP contribution in [-0.4, -0.2) is 36.6 Å². The zero-order valence-electron chi connectivity index (χ0n) is 11.9. The molecule has 0 aromatic carbocycles. The Morgan fingerprint density at radius 1 is 1.22 bits per heavy atom. The van der Waals surface area contributed by atoms with E-state index < -0.39 is 0 Å². The third kappa shape index (κ3) is 3.47. The lowest BCUT2D eigenvalue weighted by molar-refractivity contribution is -0.149. The minimum Gasteiger partial charge on any atom is -0.466 e. The molecule has 1 aliphatic carbocycles. The molecule has 0 bridgehead atoms. The molecule has 1 aliphatic heterocycles. The maximum absolute atomic E-state index is 11.7. The Labute approximate surface area is 111 Å². The fraction of sp³-hybridized carbons (Fsp3) is 0.933. The maximum Gasteiger partial charge on any atom is 0.309 e. The van der Waals surface area contributed by atoms with Crippen LogP contribution in [0.15, 0.2) is 0 Å². The Hall–Kier alpha value is -0.570. The van der Waals surface area contributed by atoms with Crippen LogP contribution < -0.4 is 0 Å². The standard InChI is InChI=1S/C15H27NO2/c1-3-18-15(17)13-7-9-16(10-8-13)14-6-4-5-12(2)11-14/h12-14H,3-11H2,1-2H3/t12-,14-/m0/s1. The normalized spacial score (nSPS) is 31.2. The van der Waals surface area contributed by atoms with Gasteiger partial charge in [-0.2, -0.15) is 0 Å². The second-order valence-corrected chi connectivity index (χ2v) is 5.99. The SMILES string of the molecule is CCOC(=O)C1CCN([C@H]2CCC[C@H](C)C2)CC1. The zero-order chi connectivity index (χ0) is 13.0. The van der Waals surface area contributed by atoms with Gasteiger partial charge in [0.15, 0.2) is 0 Å². The van der Waals surface area contributed by atoms with Crippen LogP contribution >= 0.6 is 0 Å². The smallest absolute Gasteiger partial charge is 0.309 e. The number of hydrogen-bond acceptors (Lipinski definition) is 3. The average Bonchev–Trinajstić information content (AvgIpc) is 2.39. The predicted molar refractivity (Wildman–Crippen MR) is 72.4 cm³/mol. The summed E-state index contributed by atoms with van der Waals surface area (Å²) in [6.07, 6.45) is 7.46. The molecule has 3 heteroatoms. The summed E-state index contributed by atoms with van der Waals surface area (Å²) in [5.74, 6) is 1.06. The van der Waals surface area contributed by atoms with Gasteiger partial charge in [0.05, 0.1) is 12.5 Å². The molecule has 3 nitrogen and oxygen atoms in total. The highest BCUT2D eigenvalue weighted by atomic mass is 16.5. The number of ether oxygens (including phenoxy) is 1. The molecular weight excluding hydrogens is 226 g/mol. The van der Waals surface area contributed by atoms with Crippen LogP contribution in [0.4, 0.5) is 0 Å². The van der Waals surface area contributed by atoms with Crippen LogP contribution in [0.2, 0.25) is 0 Å². The molecule has 0 spiro atoms. The lowest BCUT2D eigenvalue weighted by atomic mass is 9.84. The van der Waals surface area contributed by atoms with Gasteiger partial charge in [-0.25, -0.2) is 0 Å². The van der Waals surface area contributed by atoms with Gasteiger partial charge in [-0.3, -0.25) is 4.79 Å². The van der Waals surface area contributed by atoms with Crippen molar-refractivity contribution in [2.24, 2.45) is 11.8 Å². The molecule has 0 aromatic rings. The summed E-state index contributed by atoms with van der Waals surface area (Å²) in [6.45, 7) is 6.94. The molecule has 104 valence electrons. The molecule has 0 aromatic heterocycles. The van der Waals surface area contributed by atoms with Crippen LogP contribution in [0.3, 0.4) is 0 Å². The quantitative estimate of drug-likeness (QED) is 0.724. The van der Waals surface area contributed by atoms with E-state index in [1.54, 1.807) is 0 Å². The molecule has 2 fully saturated rings. The summed E-state index contributed by atoms with van der Waals surface area (Å²) in [5.41, 5.74) is 0. The molecule has 2 atom stereocenters. The zero-order valence-corrected chi connectivity index (χ0v) is 11.9. The molecule has 0 unspecified atom stereocenters. The summed E-state index contributed by atoms with van der Waals surface area (Å²) in [7, 11) is 0. The fourth-order valence-corrected chi connectivity index (χ4v) is 3.49. The monoisotopic (exact) mass is 253 g/mol. The Bertz CT molecular complexity index is 272. The van der Waals surface area contributed by atoms with Crippen molar-refractivity contribution in [2.45, 2.75) is 58.4 Å². The van der Waals surface area contributed by atoms with Crippen molar-refractivity contribution in [3.8, 4) is 0 Å². The van der Waals surface area contributed by atoms with Gasteiger partial charge in [-0.15, -0.1) is 0 Å². The van der Waals surface area contributed by atoms with E-state index in [1.165, 1.54) is 25.7 Å². The van der Waals surface area contributed by atoms with E-state index in [2.05, 4.69) is 11.8 Å². The highest BCUT2D eigenvalue weighted by molar-refractivity contribution is 5.72. The van der Waals surface area contributed by atoms with Crippen molar-refractivity contribution >= 4 is 5.97 Å². The van der Waals surface area contributed by atoms with Crippen molar-refractivity contribution in [1.29, 1.82) is 0 Å². The lowest BCUT2D eigenvalue weighted by Crippen LogP contribution is -2.44. The second-order valence-electron chi connectivity index (χ2n) is 5.99. The number of likely N-dealkylation sites (tertiary alicyclic amines) is 1. The molecule has 18 heavy (non-hydrogen) atoms. The summed E-state index contributed by atoms with van der Waals surface area (Å²) in [5, 5.41) is 0. The minimum absolute atomic E-state index is 0.0224. The van der Waals surface area contributed by atoms with Crippen molar-refractivity contribution in [3.05, 3.63) is 0 Å². The van der Waals surface area contributed by atoms with E-state index in [0.717, 1.165) is 37.9 Å². The van der Waals surface area contributed by atoms with E-state index in [4.69, 9.17) is 4.74 Å². The van der Waals surface area contributed by atoms with Gasteiger partial charge in [-0.05, 0) is 51.6 Å². The molecule has 0 radical (unpaired) electrons. The Morgan fingerprint density at radius 2 is 1.94 bits per heavy atom. The first kappa shape index (κ1) is 13.9. The van der Waals surface area contributed by atoms with Crippen LogP contribution in [0.5, 0.6) is 0 Å². The maximum atomic E-state index is 11.7. The number of esters is 1. The number of hydrogen-bond donors (Lipinski definition) is 0. The van der Waals surface area contributed by atoms with Gasteiger partial charge in [0.1, 0.15) is 0 Å². The first-order valence-corrected chi connectivity index (χ1v) is 7.61. The van der Waals surface area contributed by atoms with Gasteiger partial charge in [-0.1, -0.05) is 19.8 Å². The van der Waals surface area contributed by atoms with Crippen molar-refractivity contribution in [3.63, 3.8) is 0 Å². The molecule has 1 saturated heterocycles. The van der Waals surface area contributed by atoms with E-state index in [-0.39, 0.29) is 11.9 Å². The van der Waals surface area contributed by atoms with Crippen LogP contribution in [-0.2, 0) is 9.53 Å². The number of piperidine rings is 1. The van der Waals surface area contributed by atoms with Crippen molar-refractivity contribution in [1.82, 2.24) is 4.90 Å². The van der Waals surface area contributed by atoms with Crippen LogP contribution in [0.25, 0.3) is 0 Å². The van der Waals surface area contributed by atoms with Gasteiger partial charge in [0.2, 0.25) is 0 Å². The predicted octanol–water partition coefficient (Wildman–Crippen LogP) is 2.84. The summed E-state index contributed by atoms with van der Waals surface area (Å²) in [4.78, 5) is 14.3. The largest absolute Gasteiger partial charge is 0.466 e. The first-order valence-electron chi connectivity index (χ1n) is 7.61. The highest BCUT2D eigenvalue weighted by Gasteiger charge is 2.31. The van der Waals surface area contributed by atoms with Crippen LogP contribution in [0.1, 0.15) is 52.4 Å². The van der Waals surface area contributed by atoms with Gasteiger partial charge in [0.25, 0.3) is 0 Å². The third-order valence-corrected chi connectivity index (χ3v) is 4.57. The van der Waals surface area contributed by atoms with E-state index >= 15 is 0 Å². The fourth-order valence-electron chi connectivity index (χ4n) is 3.49. The van der Waals surface area contributed by atoms with E-state index in [9.17, 15) is 4.79 Å². The molecule has 2 aliphatic rings. The lowest BCUT2D eigenvalue weighted by Gasteiger charge is -2.40. The number of carbonyl (C=O) groups is 1. The molecule has 0 N–H and O–H groups in total. The van der Waals surface area contributed by atoms with Crippen LogP contribution in [0, 0.1) is 11.8 Å². The molecule has 2 rings (SSSR count). The molecule has 1 saturated carbocycles. The second kappa shape index (κ2) is 6.55. The Morgan fingerprint density at radius 3 is 2.56 bits per heavy atom. The van der Waals surface area contributed by atoms with Gasteiger partial charge >= 0.3 is 5.97 Å². The van der Waals surface area contributed by atoms with E-state index in [1.807, 2.05) is 6.92 Å². The van der Waals surface area contributed by atoms with Gasteiger partial charge in [0, 0.05) is 6.04 Å². The average molecular weight is 253 g/mol. The van der Waals surface area contributed by atoms with Crippen molar-refractivity contribution in [2.75, 3.05) is 19.7 Å². The molecule has 0 amide bonds. The van der Waals surface area contributed by atoms with Crippen molar-refractivity contribution < 1.29 is 9.53 Å². The topological polar surface area (TPSA) is 29.5 Å². The Balaban J connectivity index is 1.77. The van der Waals surface area contributed by atoms with E-state index in [0.29, 0.717) is 6.61 Å². The Kier molecular flexibility index (Phi) is 5.04. The molecule has 1 heterocycles. The summed E-state index contributed by atoms with van der Waals surface area (Å²) < 4.78 is 5.12. The first-order chi connectivity index (χ1) is 8.70.